The summed E-state index contributed by atoms with van der Waals surface area (Å²) in [5.41, 5.74) is 2.45. The van der Waals surface area contributed by atoms with E-state index in [1.165, 1.54) is 12.1 Å². The molecular formula is C16H13ClF3N3O. The molecule has 0 radical (unpaired) electrons. The van der Waals surface area contributed by atoms with Crippen LogP contribution in [0.15, 0.2) is 16.7 Å². The fourth-order valence-electron chi connectivity index (χ4n) is 2.71. The van der Waals surface area contributed by atoms with Crippen molar-refractivity contribution in [2.45, 2.75) is 33.4 Å². The Hall–Kier alpha value is -2.15. The maximum absolute atomic E-state index is 12.7. The first-order chi connectivity index (χ1) is 11.2. The molecule has 0 saturated heterocycles. The van der Waals surface area contributed by atoms with Gasteiger partial charge in [0.25, 0.3) is 5.89 Å². The van der Waals surface area contributed by atoms with Crippen molar-refractivity contribution in [3.05, 3.63) is 39.8 Å². The van der Waals surface area contributed by atoms with Crippen molar-refractivity contribution in [3.63, 3.8) is 0 Å². The van der Waals surface area contributed by atoms with E-state index in [1.54, 1.807) is 20.8 Å². The minimum Gasteiger partial charge on any atom is -0.334 e. The van der Waals surface area contributed by atoms with Crippen LogP contribution in [0.4, 0.5) is 13.2 Å². The third-order valence-electron chi connectivity index (χ3n) is 3.70. The van der Waals surface area contributed by atoms with E-state index in [1.807, 2.05) is 0 Å². The number of aromatic nitrogens is 3. The number of alkyl halides is 3. The molecule has 0 amide bonds. The molecule has 0 N–H and O–H groups in total. The van der Waals surface area contributed by atoms with Crippen LogP contribution in [-0.4, -0.2) is 21.3 Å². The Kier molecular flexibility index (Phi) is 3.99. The number of benzene rings is 1. The van der Waals surface area contributed by atoms with Gasteiger partial charge in [0.1, 0.15) is 5.15 Å². The fraction of sp³-hybridized carbons (Fsp3) is 0.312. The molecule has 24 heavy (non-hydrogen) atoms. The summed E-state index contributed by atoms with van der Waals surface area (Å²) in [5, 5.41) is 4.48. The molecule has 126 valence electrons. The number of hydrogen-bond donors (Lipinski definition) is 0. The van der Waals surface area contributed by atoms with Crippen LogP contribution in [0.3, 0.4) is 0 Å². The molecule has 0 fully saturated rings. The first-order valence-electron chi connectivity index (χ1n) is 7.12. The zero-order valence-corrected chi connectivity index (χ0v) is 13.9. The summed E-state index contributed by atoms with van der Waals surface area (Å²) < 4.78 is 43.3. The lowest BCUT2D eigenvalue weighted by Crippen LogP contribution is -2.11. The Bertz CT molecular complexity index is 934. The highest BCUT2D eigenvalue weighted by Crippen LogP contribution is 2.35. The van der Waals surface area contributed by atoms with Crippen molar-refractivity contribution >= 4 is 22.5 Å². The number of aryl methyl sites for hydroxylation is 3. The summed E-state index contributed by atoms with van der Waals surface area (Å²) in [6, 6.07) is 2.97. The van der Waals surface area contributed by atoms with E-state index in [-0.39, 0.29) is 16.6 Å². The van der Waals surface area contributed by atoms with Crippen LogP contribution < -0.4 is 0 Å². The molecule has 2 heterocycles. The maximum Gasteiger partial charge on any atom is 0.393 e. The first kappa shape index (κ1) is 16.7. The van der Waals surface area contributed by atoms with E-state index in [0.717, 1.165) is 0 Å². The molecule has 1 aromatic carbocycles. The van der Waals surface area contributed by atoms with E-state index in [4.69, 9.17) is 16.1 Å². The van der Waals surface area contributed by atoms with Gasteiger partial charge in [-0.25, -0.2) is 4.98 Å². The molecule has 0 atom stereocenters. The molecule has 0 aliphatic carbocycles. The van der Waals surface area contributed by atoms with Crippen LogP contribution in [0.5, 0.6) is 0 Å². The van der Waals surface area contributed by atoms with Crippen LogP contribution in [0.2, 0.25) is 5.15 Å². The summed E-state index contributed by atoms with van der Waals surface area (Å²) in [5.74, 6) is 0.630. The van der Waals surface area contributed by atoms with Crippen LogP contribution in [0.1, 0.15) is 22.5 Å². The third-order valence-corrected chi connectivity index (χ3v) is 3.98. The van der Waals surface area contributed by atoms with Crippen LogP contribution in [-0.2, 0) is 6.42 Å². The molecule has 2 aromatic heterocycles. The normalized spacial score (nSPS) is 12.1. The van der Waals surface area contributed by atoms with Gasteiger partial charge in [-0.3, -0.25) is 0 Å². The van der Waals surface area contributed by atoms with Crippen LogP contribution >= 0.6 is 11.6 Å². The highest BCUT2D eigenvalue weighted by molar-refractivity contribution is 6.32. The summed E-state index contributed by atoms with van der Waals surface area (Å²) in [6.45, 7) is 5.12. The Labute approximate surface area is 140 Å². The van der Waals surface area contributed by atoms with E-state index < -0.39 is 12.6 Å². The minimum atomic E-state index is -4.28. The second kappa shape index (κ2) is 5.73. The maximum atomic E-state index is 12.7. The zero-order valence-electron chi connectivity index (χ0n) is 13.1. The molecule has 3 aromatic rings. The van der Waals surface area contributed by atoms with Gasteiger partial charge in [0.15, 0.2) is 5.82 Å². The van der Waals surface area contributed by atoms with Crippen molar-refractivity contribution in [3.8, 4) is 11.5 Å². The Morgan fingerprint density at radius 2 is 1.83 bits per heavy atom. The summed E-state index contributed by atoms with van der Waals surface area (Å²) >= 11 is 6.25. The first-order valence-corrected chi connectivity index (χ1v) is 7.50. The average molecular weight is 356 g/mol. The molecule has 0 unspecified atom stereocenters. The predicted molar refractivity (Wildman–Crippen MR) is 84.0 cm³/mol. The van der Waals surface area contributed by atoms with E-state index in [2.05, 4.69) is 15.1 Å². The summed E-state index contributed by atoms with van der Waals surface area (Å²) in [4.78, 5) is 8.45. The second-order valence-electron chi connectivity index (χ2n) is 5.65. The van der Waals surface area contributed by atoms with Gasteiger partial charge in [-0.1, -0.05) is 22.8 Å². The van der Waals surface area contributed by atoms with Crippen molar-refractivity contribution < 1.29 is 17.7 Å². The molecule has 0 saturated carbocycles. The van der Waals surface area contributed by atoms with Crippen molar-refractivity contribution in [2.75, 3.05) is 0 Å². The van der Waals surface area contributed by atoms with Gasteiger partial charge in [0.2, 0.25) is 0 Å². The van der Waals surface area contributed by atoms with Crippen molar-refractivity contribution in [1.82, 2.24) is 15.1 Å². The van der Waals surface area contributed by atoms with Crippen molar-refractivity contribution in [1.29, 1.82) is 0 Å². The van der Waals surface area contributed by atoms with Gasteiger partial charge in [0.05, 0.1) is 17.5 Å². The average Bonchev–Trinajstić information content (AvgIpc) is 2.85. The number of pyridine rings is 1. The lowest BCUT2D eigenvalue weighted by Gasteiger charge is -2.13. The molecular weight excluding hydrogens is 343 g/mol. The van der Waals surface area contributed by atoms with Crippen LogP contribution in [0.25, 0.3) is 22.4 Å². The lowest BCUT2D eigenvalue weighted by atomic mass is 9.98. The van der Waals surface area contributed by atoms with Gasteiger partial charge < -0.3 is 4.52 Å². The quantitative estimate of drug-likeness (QED) is 0.609. The topological polar surface area (TPSA) is 51.8 Å². The second-order valence-corrected chi connectivity index (χ2v) is 6.01. The smallest absolute Gasteiger partial charge is 0.334 e. The number of nitrogens with zero attached hydrogens (tertiary/aromatic N) is 3. The highest BCUT2D eigenvalue weighted by Gasteiger charge is 2.28. The van der Waals surface area contributed by atoms with Gasteiger partial charge in [-0.2, -0.15) is 18.2 Å². The SMILES string of the molecule is Cc1noc(-c2c(Cl)nc3c(C)cc(CC(F)(F)F)cc3c2C)n1. The molecule has 0 aliphatic heterocycles. The van der Waals surface area contributed by atoms with Crippen molar-refractivity contribution in [2.24, 2.45) is 0 Å². The minimum absolute atomic E-state index is 0.174. The molecule has 8 heteroatoms. The van der Waals surface area contributed by atoms with Gasteiger partial charge in [0, 0.05) is 5.39 Å². The molecule has 4 nitrogen and oxygen atoms in total. The Balaban J connectivity index is 2.26. The Morgan fingerprint density at radius 1 is 1.12 bits per heavy atom. The number of fused-ring (bicyclic) bond motifs is 1. The van der Waals surface area contributed by atoms with E-state index >= 15 is 0 Å². The monoisotopic (exact) mass is 355 g/mol. The fourth-order valence-corrected chi connectivity index (χ4v) is 3.02. The highest BCUT2D eigenvalue weighted by atomic mass is 35.5. The molecule has 0 spiro atoms. The number of hydrogen-bond acceptors (Lipinski definition) is 4. The third kappa shape index (κ3) is 3.08. The molecule has 0 aliphatic rings. The number of rotatable bonds is 2. The van der Waals surface area contributed by atoms with Gasteiger partial charge in [-0.05, 0) is 43.5 Å². The number of halogens is 4. The zero-order chi connectivity index (χ0) is 17.6. The lowest BCUT2D eigenvalue weighted by molar-refractivity contribution is -0.127. The largest absolute Gasteiger partial charge is 0.393 e. The van der Waals surface area contributed by atoms with Gasteiger partial charge in [-0.15, -0.1) is 0 Å². The van der Waals surface area contributed by atoms with Crippen LogP contribution in [0, 0.1) is 20.8 Å². The molecule has 3 rings (SSSR count). The standard InChI is InChI=1S/C16H13ClF3N3O/c1-7-4-10(6-16(18,19)20)5-11-8(2)12(14(17)22-13(7)11)15-21-9(3)23-24-15/h4-5H,6H2,1-3H3. The van der Waals surface area contributed by atoms with E-state index in [9.17, 15) is 13.2 Å². The summed E-state index contributed by atoms with van der Waals surface area (Å²) in [7, 11) is 0. The van der Waals surface area contributed by atoms with E-state index in [0.29, 0.717) is 33.4 Å². The predicted octanol–water partition coefficient (Wildman–Crippen LogP) is 4.97. The Morgan fingerprint density at radius 3 is 2.42 bits per heavy atom. The summed E-state index contributed by atoms with van der Waals surface area (Å²) in [6.07, 6.45) is -5.28. The molecule has 0 bridgehead atoms. The van der Waals surface area contributed by atoms with Gasteiger partial charge >= 0.3 is 6.18 Å².